The summed E-state index contributed by atoms with van der Waals surface area (Å²) in [5, 5.41) is 1.11. The summed E-state index contributed by atoms with van der Waals surface area (Å²) in [4.78, 5) is 4.62. The van der Waals surface area contributed by atoms with Crippen molar-refractivity contribution in [2.24, 2.45) is 11.5 Å². The molecular formula is C21H19N3O2. The molecule has 1 atom stereocenters. The van der Waals surface area contributed by atoms with Crippen LogP contribution in [-0.4, -0.2) is 4.98 Å². The summed E-state index contributed by atoms with van der Waals surface area (Å²) < 4.78 is 11.5. The molecule has 5 heteroatoms. The molecule has 2 heterocycles. The van der Waals surface area contributed by atoms with E-state index in [2.05, 4.69) is 4.98 Å². The van der Waals surface area contributed by atoms with Crippen LogP contribution in [0.2, 0.25) is 0 Å². The Labute approximate surface area is 151 Å². The number of nitrogens with zero attached hydrogens (tertiary/aromatic N) is 1. The Balaban J connectivity index is 1.52. The lowest BCUT2D eigenvalue weighted by Crippen LogP contribution is -2.39. The van der Waals surface area contributed by atoms with Crippen LogP contribution >= 0.6 is 0 Å². The highest BCUT2D eigenvalue weighted by molar-refractivity contribution is 5.78. The topological polar surface area (TPSA) is 83.4 Å². The van der Waals surface area contributed by atoms with Crippen LogP contribution in [0.3, 0.4) is 0 Å². The minimum atomic E-state index is -1.10. The van der Waals surface area contributed by atoms with Crippen LogP contribution in [0.5, 0.6) is 5.75 Å². The van der Waals surface area contributed by atoms with Crippen LogP contribution in [0.25, 0.3) is 10.9 Å². The second-order valence-corrected chi connectivity index (χ2v) is 6.14. The van der Waals surface area contributed by atoms with Crippen molar-refractivity contribution in [1.82, 2.24) is 4.98 Å². The zero-order valence-electron chi connectivity index (χ0n) is 14.1. The van der Waals surface area contributed by atoms with Crippen molar-refractivity contribution in [2.45, 2.75) is 12.3 Å². The first-order chi connectivity index (χ1) is 12.6. The Morgan fingerprint density at radius 3 is 2.81 bits per heavy atom. The van der Waals surface area contributed by atoms with Crippen molar-refractivity contribution in [3.8, 4) is 5.75 Å². The largest absolute Gasteiger partial charge is 0.487 e. The fourth-order valence-electron chi connectivity index (χ4n) is 2.88. The van der Waals surface area contributed by atoms with Gasteiger partial charge >= 0.3 is 0 Å². The smallest absolute Gasteiger partial charge is 0.206 e. The van der Waals surface area contributed by atoms with Gasteiger partial charge in [0.2, 0.25) is 5.72 Å². The van der Waals surface area contributed by atoms with E-state index in [1.54, 1.807) is 18.2 Å². The molecule has 1 aliphatic rings. The van der Waals surface area contributed by atoms with Gasteiger partial charge in [-0.3, -0.25) is 5.73 Å². The Hall–Kier alpha value is -3.31. The fourth-order valence-corrected chi connectivity index (χ4v) is 2.88. The van der Waals surface area contributed by atoms with Gasteiger partial charge < -0.3 is 15.2 Å². The lowest BCUT2D eigenvalue weighted by molar-refractivity contribution is 0.0421. The number of pyridine rings is 1. The van der Waals surface area contributed by atoms with Gasteiger partial charge in [-0.2, -0.15) is 0 Å². The quantitative estimate of drug-likeness (QED) is 0.758. The maximum atomic E-state index is 6.31. The lowest BCUT2D eigenvalue weighted by atomic mass is 10.0. The van der Waals surface area contributed by atoms with E-state index >= 15 is 0 Å². The zero-order valence-corrected chi connectivity index (χ0v) is 14.1. The van der Waals surface area contributed by atoms with Gasteiger partial charge in [0, 0.05) is 10.9 Å². The standard InChI is InChI=1S/C21H19N3O2/c22-20-9-4-12-21(23,26-20)16-6-3-7-18(13-16)25-14-17-11-10-15-5-1-2-8-19(15)24-17/h1-13H,14,22-23H2. The predicted molar refractivity (Wildman–Crippen MR) is 101 cm³/mol. The molecule has 3 aromatic rings. The van der Waals surface area contributed by atoms with E-state index in [0.717, 1.165) is 22.2 Å². The summed E-state index contributed by atoms with van der Waals surface area (Å²) in [5.41, 5.74) is 13.5. The molecule has 0 aliphatic carbocycles. The molecule has 0 radical (unpaired) electrons. The van der Waals surface area contributed by atoms with E-state index in [9.17, 15) is 0 Å². The minimum absolute atomic E-state index is 0.279. The first kappa shape index (κ1) is 16.2. The SMILES string of the molecule is NC1=CC=CC(N)(c2cccc(OCc3ccc4ccccc4n3)c2)O1. The maximum Gasteiger partial charge on any atom is 0.206 e. The van der Waals surface area contributed by atoms with E-state index in [-0.39, 0.29) is 5.88 Å². The van der Waals surface area contributed by atoms with Gasteiger partial charge in [-0.05, 0) is 36.4 Å². The summed E-state index contributed by atoms with van der Waals surface area (Å²) in [6.07, 6.45) is 5.20. The number of ether oxygens (including phenoxy) is 2. The van der Waals surface area contributed by atoms with E-state index in [1.807, 2.05) is 60.7 Å². The molecule has 1 unspecified atom stereocenters. The number of para-hydroxylation sites is 1. The van der Waals surface area contributed by atoms with Crippen LogP contribution in [0.1, 0.15) is 11.3 Å². The Kier molecular flexibility index (Phi) is 4.07. The third-order valence-corrected chi connectivity index (χ3v) is 4.22. The summed E-state index contributed by atoms with van der Waals surface area (Å²) >= 11 is 0. The second kappa shape index (κ2) is 6.54. The van der Waals surface area contributed by atoms with E-state index < -0.39 is 5.72 Å². The molecule has 0 saturated heterocycles. The highest BCUT2D eigenvalue weighted by atomic mass is 16.5. The molecule has 4 rings (SSSR count). The van der Waals surface area contributed by atoms with Gasteiger partial charge in [-0.15, -0.1) is 0 Å². The predicted octanol–water partition coefficient (Wildman–Crippen LogP) is 3.31. The van der Waals surface area contributed by atoms with Gasteiger partial charge in [0.1, 0.15) is 12.4 Å². The van der Waals surface area contributed by atoms with Crippen molar-refractivity contribution < 1.29 is 9.47 Å². The third kappa shape index (κ3) is 3.25. The molecule has 2 aromatic carbocycles. The van der Waals surface area contributed by atoms with E-state index in [4.69, 9.17) is 20.9 Å². The second-order valence-electron chi connectivity index (χ2n) is 6.14. The molecule has 1 aromatic heterocycles. The van der Waals surface area contributed by atoms with Crippen molar-refractivity contribution in [3.05, 3.63) is 96.0 Å². The summed E-state index contributed by atoms with van der Waals surface area (Å²) in [6.45, 7) is 0.366. The van der Waals surface area contributed by atoms with Crippen LogP contribution in [0, 0.1) is 0 Å². The van der Waals surface area contributed by atoms with Gasteiger partial charge in [0.15, 0.2) is 5.88 Å². The lowest BCUT2D eigenvalue weighted by Gasteiger charge is -2.29. The van der Waals surface area contributed by atoms with Gasteiger partial charge in [-0.1, -0.05) is 42.5 Å². The molecule has 0 spiro atoms. The van der Waals surface area contributed by atoms with Crippen LogP contribution < -0.4 is 16.2 Å². The first-order valence-electron chi connectivity index (χ1n) is 8.33. The average Bonchev–Trinajstić information content (AvgIpc) is 2.66. The number of fused-ring (bicyclic) bond motifs is 1. The minimum Gasteiger partial charge on any atom is -0.487 e. The van der Waals surface area contributed by atoms with E-state index in [0.29, 0.717) is 12.4 Å². The van der Waals surface area contributed by atoms with Crippen LogP contribution in [-0.2, 0) is 17.1 Å². The monoisotopic (exact) mass is 345 g/mol. The third-order valence-electron chi connectivity index (χ3n) is 4.22. The van der Waals surface area contributed by atoms with Gasteiger partial charge in [-0.25, -0.2) is 4.98 Å². The normalized spacial score (nSPS) is 19.0. The molecular weight excluding hydrogens is 326 g/mol. The van der Waals surface area contributed by atoms with Crippen LogP contribution in [0.15, 0.2) is 84.8 Å². The van der Waals surface area contributed by atoms with Gasteiger partial charge in [0.05, 0.1) is 11.2 Å². The highest BCUT2D eigenvalue weighted by Gasteiger charge is 2.29. The number of allylic oxidation sites excluding steroid dienone is 2. The van der Waals surface area contributed by atoms with Crippen molar-refractivity contribution in [2.75, 3.05) is 0 Å². The van der Waals surface area contributed by atoms with E-state index in [1.165, 1.54) is 0 Å². The first-order valence-corrected chi connectivity index (χ1v) is 8.33. The van der Waals surface area contributed by atoms with Crippen molar-refractivity contribution in [1.29, 1.82) is 0 Å². The van der Waals surface area contributed by atoms with Crippen molar-refractivity contribution >= 4 is 10.9 Å². The number of aromatic nitrogens is 1. The number of rotatable bonds is 4. The zero-order chi connectivity index (χ0) is 18.0. The molecule has 0 amide bonds. The van der Waals surface area contributed by atoms with Crippen molar-refractivity contribution in [3.63, 3.8) is 0 Å². The summed E-state index contributed by atoms with van der Waals surface area (Å²) in [5.74, 6) is 0.967. The molecule has 130 valence electrons. The average molecular weight is 345 g/mol. The number of hydrogen-bond donors (Lipinski definition) is 2. The number of benzene rings is 2. The molecule has 0 saturated carbocycles. The molecule has 5 nitrogen and oxygen atoms in total. The molecule has 0 fully saturated rings. The number of hydrogen-bond acceptors (Lipinski definition) is 5. The Bertz CT molecular complexity index is 1010. The van der Waals surface area contributed by atoms with Crippen LogP contribution in [0.4, 0.5) is 0 Å². The maximum absolute atomic E-state index is 6.31. The molecule has 4 N–H and O–H groups in total. The molecule has 0 bridgehead atoms. The fraction of sp³-hybridized carbons (Fsp3) is 0.0952. The highest BCUT2D eigenvalue weighted by Crippen LogP contribution is 2.29. The molecule has 26 heavy (non-hydrogen) atoms. The number of nitrogens with two attached hydrogens (primary N) is 2. The van der Waals surface area contributed by atoms with Gasteiger partial charge in [0.25, 0.3) is 0 Å². The Morgan fingerprint density at radius 1 is 1.04 bits per heavy atom. The summed E-state index contributed by atoms with van der Waals surface area (Å²) in [7, 11) is 0. The summed E-state index contributed by atoms with van der Waals surface area (Å²) in [6, 6.07) is 19.5. The Morgan fingerprint density at radius 2 is 1.92 bits per heavy atom. The molecule has 1 aliphatic heterocycles.